The molecule has 3 aromatic rings. The SMILES string of the molecule is CCOC(=O)c1c[nH]c(CC=C2C(=O)Nc3cc(-c4ccccc4OC)ccc32)c1CCC(=O)O. The Balaban J connectivity index is 1.63. The highest BCUT2D eigenvalue weighted by Crippen LogP contribution is 2.38. The molecule has 0 spiro atoms. The molecular formula is C27H26N2O6. The van der Waals surface area contributed by atoms with E-state index in [9.17, 15) is 14.4 Å². The first kappa shape index (κ1) is 23.8. The van der Waals surface area contributed by atoms with Crippen LogP contribution in [0.2, 0.25) is 0 Å². The van der Waals surface area contributed by atoms with E-state index in [1.807, 2.05) is 42.5 Å². The van der Waals surface area contributed by atoms with Gasteiger partial charge in [-0.25, -0.2) is 4.79 Å². The maximum atomic E-state index is 12.8. The number of nitrogens with one attached hydrogen (secondary N) is 2. The van der Waals surface area contributed by atoms with Gasteiger partial charge in [-0.15, -0.1) is 0 Å². The van der Waals surface area contributed by atoms with E-state index in [4.69, 9.17) is 14.6 Å². The van der Waals surface area contributed by atoms with Gasteiger partial charge in [0.25, 0.3) is 5.91 Å². The van der Waals surface area contributed by atoms with Crippen LogP contribution >= 0.6 is 0 Å². The van der Waals surface area contributed by atoms with Crippen molar-refractivity contribution < 1.29 is 29.0 Å². The third-order valence-corrected chi connectivity index (χ3v) is 5.90. The zero-order valence-corrected chi connectivity index (χ0v) is 19.5. The highest BCUT2D eigenvalue weighted by Gasteiger charge is 2.25. The van der Waals surface area contributed by atoms with E-state index in [-0.39, 0.29) is 25.4 Å². The molecule has 0 unspecified atom stereocenters. The fourth-order valence-corrected chi connectivity index (χ4v) is 4.24. The van der Waals surface area contributed by atoms with E-state index in [1.54, 1.807) is 20.1 Å². The summed E-state index contributed by atoms with van der Waals surface area (Å²) in [5, 5.41) is 12.0. The van der Waals surface area contributed by atoms with Crippen LogP contribution in [0, 0.1) is 0 Å². The summed E-state index contributed by atoms with van der Waals surface area (Å²) in [5.41, 5.74) is 5.42. The monoisotopic (exact) mass is 474 g/mol. The smallest absolute Gasteiger partial charge is 0.339 e. The molecule has 1 amide bonds. The van der Waals surface area contributed by atoms with Crippen molar-refractivity contribution in [3.63, 3.8) is 0 Å². The maximum Gasteiger partial charge on any atom is 0.339 e. The molecule has 0 saturated heterocycles. The molecule has 2 heterocycles. The lowest BCUT2D eigenvalue weighted by Gasteiger charge is -2.09. The average molecular weight is 475 g/mol. The number of carbonyl (C=O) groups excluding carboxylic acids is 2. The van der Waals surface area contributed by atoms with Gasteiger partial charge in [0.15, 0.2) is 0 Å². The van der Waals surface area contributed by atoms with Crippen LogP contribution in [0.15, 0.2) is 54.7 Å². The molecule has 0 fully saturated rings. The molecular weight excluding hydrogens is 448 g/mol. The number of aromatic amines is 1. The summed E-state index contributed by atoms with van der Waals surface area (Å²) in [4.78, 5) is 39.3. The fourth-order valence-electron chi connectivity index (χ4n) is 4.24. The number of ether oxygens (including phenoxy) is 2. The van der Waals surface area contributed by atoms with Crippen molar-refractivity contribution >= 4 is 29.1 Å². The van der Waals surface area contributed by atoms with Crippen LogP contribution in [0.25, 0.3) is 16.7 Å². The molecule has 1 aliphatic rings. The van der Waals surface area contributed by atoms with Crippen LogP contribution in [-0.4, -0.2) is 41.7 Å². The number of amides is 1. The highest BCUT2D eigenvalue weighted by molar-refractivity contribution is 6.31. The van der Waals surface area contributed by atoms with Gasteiger partial charge in [-0.1, -0.05) is 36.4 Å². The van der Waals surface area contributed by atoms with Crippen molar-refractivity contribution in [2.24, 2.45) is 0 Å². The van der Waals surface area contributed by atoms with Gasteiger partial charge in [0.05, 0.1) is 19.3 Å². The second-order valence-electron chi connectivity index (χ2n) is 8.01. The van der Waals surface area contributed by atoms with E-state index in [1.165, 1.54) is 6.20 Å². The van der Waals surface area contributed by atoms with Gasteiger partial charge >= 0.3 is 11.9 Å². The predicted octanol–water partition coefficient (Wildman–Crippen LogP) is 4.46. The normalized spacial score (nSPS) is 13.4. The number of methoxy groups -OCH3 is 1. The van der Waals surface area contributed by atoms with E-state index in [0.29, 0.717) is 34.5 Å². The molecule has 0 atom stereocenters. The number of para-hydroxylation sites is 1. The number of hydrogen-bond acceptors (Lipinski definition) is 5. The summed E-state index contributed by atoms with van der Waals surface area (Å²) < 4.78 is 10.6. The van der Waals surface area contributed by atoms with E-state index in [0.717, 1.165) is 22.4 Å². The lowest BCUT2D eigenvalue weighted by molar-refractivity contribution is -0.137. The molecule has 180 valence electrons. The second-order valence-corrected chi connectivity index (χ2v) is 8.01. The number of carboxylic acid groups (broad SMARTS) is 1. The highest BCUT2D eigenvalue weighted by atomic mass is 16.5. The number of allylic oxidation sites excluding steroid dienone is 1. The Morgan fingerprint density at radius 1 is 1.11 bits per heavy atom. The topological polar surface area (TPSA) is 118 Å². The summed E-state index contributed by atoms with van der Waals surface area (Å²) in [7, 11) is 1.62. The Labute approximate surface area is 202 Å². The van der Waals surface area contributed by atoms with Crippen molar-refractivity contribution in [3.05, 3.63) is 77.1 Å². The molecule has 0 bridgehead atoms. The van der Waals surface area contributed by atoms with Gasteiger partial charge < -0.3 is 24.9 Å². The van der Waals surface area contributed by atoms with Crippen molar-refractivity contribution in [3.8, 4) is 16.9 Å². The number of esters is 1. The Kier molecular flexibility index (Phi) is 7.01. The van der Waals surface area contributed by atoms with Crippen LogP contribution in [0.5, 0.6) is 5.75 Å². The molecule has 3 N–H and O–H groups in total. The molecule has 0 saturated carbocycles. The Hall–Kier alpha value is -4.33. The van der Waals surface area contributed by atoms with Gasteiger partial charge in [-0.3, -0.25) is 9.59 Å². The fraction of sp³-hybridized carbons (Fsp3) is 0.222. The van der Waals surface area contributed by atoms with Crippen LogP contribution in [0.1, 0.15) is 40.5 Å². The standard InChI is InChI=1S/C27H26N2O6/c1-3-35-27(33)21-15-28-22(19(21)11-13-25(30)31)12-10-20-18-9-8-16(14-23(18)29-26(20)32)17-6-4-5-7-24(17)34-2/h4-10,14-15,28H,3,11-13H2,1-2H3,(H,29,32)(H,30,31). The molecule has 2 aromatic carbocycles. The second kappa shape index (κ2) is 10.3. The largest absolute Gasteiger partial charge is 0.496 e. The zero-order valence-electron chi connectivity index (χ0n) is 19.5. The van der Waals surface area contributed by atoms with Crippen LogP contribution in [0.3, 0.4) is 0 Å². The van der Waals surface area contributed by atoms with E-state index < -0.39 is 11.9 Å². The van der Waals surface area contributed by atoms with Crippen molar-refractivity contribution in [2.45, 2.75) is 26.2 Å². The Morgan fingerprint density at radius 2 is 1.91 bits per heavy atom. The predicted molar refractivity (Wildman–Crippen MR) is 131 cm³/mol. The summed E-state index contributed by atoms with van der Waals surface area (Å²) in [5.74, 6) is -0.942. The number of fused-ring (bicyclic) bond motifs is 1. The molecule has 4 rings (SSSR count). The molecule has 0 radical (unpaired) electrons. The molecule has 0 aliphatic carbocycles. The average Bonchev–Trinajstić information content (AvgIpc) is 3.40. The Bertz CT molecular complexity index is 1320. The van der Waals surface area contributed by atoms with Crippen LogP contribution < -0.4 is 10.1 Å². The first-order valence-corrected chi connectivity index (χ1v) is 11.3. The minimum absolute atomic E-state index is 0.122. The summed E-state index contributed by atoms with van der Waals surface area (Å²) >= 11 is 0. The molecule has 1 aliphatic heterocycles. The van der Waals surface area contributed by atoms with Crippen molar-refractivity contribution in [1.82, 2.24) is 4.98 Å². The third kappa shape index (κ3) is 4.96. The minimum Gasteiger partial charge on any atom is -0.496 e. The van der Waals surface area contributed by atoms with Crippen LogP contribution in [0.4, 0.5) is 5.69 Å². The number of benzene rings is 2. The summed E-state index contributed by atoms with van der Waals surface area (Å²) in [6.45, 7) is 1.93. The number of carbonyl (C=O) groups is 3. The number of anilines is 1. The molecule has 35 heavy (non-hydrogen) atoms. The number of aliphatic carboxylic acids is 1. The number of rotatable bonds is 9. The van der Waals surface area contributed by atoms with Gasteiger partial charge in [0.2, 0.25) is 0 Å². The number of aromatic nitrogens is 1. The molecule has 8 nitrogen and oxygen atoms in total. The zero-order chi connectivity index (χ0) is 24.9. The lowest BCUT2D eigenvalue weighted by atomic mass is 9.98. The van der Waals surface area contributed by atoms with Gasteiger partial charge in [0.1, 0.15) is 5.75 Å². The maximum absolute atomic E-state index is 12.8. The minimum atomic E-state index is -0.958. The van der Waals surface area contributed by atoms with E-state index >= 15 is 0 Å². The van der Waals surface area contributed by atoms with Gasteiger partial charge in [-0.05, 0) is 36.6 Å². The Morgan fingerprint density at radius 3 is 2.66 bits per heavy atom. The number of hydrogen-bond donors (Lipinski definition) is 3. The molecule has 8 heteroatoms. The number of carboxylic acids is 1. The first-order chi connectivity index (χ1) is 16.9. The summed E-state index contributed by atoms with van der Waals surface area (Å²) in [6, 6.07) is 13.4. The summed E-state index contributed by atoms with van der Waals surface area (Å²) in [6.07, 6.45) is 3.70. The van der Waals surface area contributed by atoms with E-state index in [2.05, 4.69) is 10.3 Å². The first-order valence-electron chi connectivity index (χ1n) is 11.3. The third-order valence-electron chi connectivity index (χ3n) is 5.90. The van der Waals surface area contributed by atoms with Gasteiger partial charge in [-0.2, -0.15) is 0 Å². The number of H-pyrrole nitrogens is 1. The quantitative estimate of drug-likeness (QED) is 0.311. The van der Waals surface area contributed by atoms with Gasteiger partial charge in [0, 0.05) is 47.1 Å². The van der Waals surface area contributed by atoms with Crippen molar-refractivity contribution in [1.29, 1.82) is 0 Å². The van der Waals surface area contributed by atoms with Crippen molar-refractivity contribution in [2.75, 3.05) is 19.0 Å². The molecule has 1 aromatic heterocycles. The van der Waals surface area contributed by atoms with Crippen LogP contribution in [-0.2, 0) is 27.2 Å². The lowest BCUT2D eigenvalue weighted by Crippen LogP contribution is -2.09.